The van der Waals surface area contributed by atoms with Gasteiger partial charge in [-0.25, -0.2) is 9.78 Å². The molecule has 3 aromatic carbocycles. The number of hydrogen-bond donors (Lipinski definition) is 0. The van der Waals surface area contributed by atoms with Crippen LogP contribution in [0.3, 0.4) is 0 Å². The summed E-state index contributed by atoms with van der Waals surface area (Å²) in [6.45, 7) is 0.512. The SMILES string of the molecule is O=C(/C=C/c1ccc(OCc2ccccc2)cc1)Oc1ccc2ocnc2c1. The molecule has 5 heteroatoms. The molecule has 0 spiro atoms. The van der Waals surface area contributed by atoms with E-state index >= 15 is 0 Å². The van der Waals surface area contributed by atoms with Crippen LogP contribution in [0, 0.1) is 0 Å². The van der Waals surface area contributed by atoms with Crippen molar-refractivity contribution in [2.45, 2.75) is 6.61 Å². The van der Waals surface area contributed by atoms with Crippen molar-refractivity contribution in [1.82, 2.24) is 4.98 Å². The molecule has 0 atom stereocenters. The first-order valence-electron chi connectivity index (χ1n) is 8.76. The van der Waals surface area contributed by atoms with E-state index < -0.39 is 5.97 Å². The molecule has 0 radical (unpaired) electrons. The molecule has 1 heterocycles. The van der Waals surface area contributed by atoms with Gasteiger partial charge in [-0.1, -0.05) is 42.5 Å². The number of ether oxygens (including phenoxy) is 2. The minimum absolute atomic E-state index is 0.417. The van der Waals surface area contributed by atoms with E-state index in [0.29, 0.717) is 23.5 Å². The van der Waals surface area contributed by atoms with Gasteiger partial charge in [-0.3, -0.25) is 0 Å². The van der Waals surface area contributed by atoms with Crippen LogP contribution in [0.15, 0.2) is 89.7 Å². The molecule has 0 unspecified atom stereocenters. The van der Waals surface area contributed by atoms with Crippen LogP contribution in [0.2, 0.25) is 0 Å². The maximum absolute atomic E-state index is 12.0. The van der Waals surface area contributed by atoms with Crippen molar-refractivity contribution in [2.24, 2.45) is 0 Å². The first kappa shape index (κ1) is 17.5. The zero-order chi connectivity index (χ0) is 19.2. The van der Waals surface area contributed by atoms with Crippen molar-refractivity contribution >= 4 is 23.1 Å². The molecule has 4 aromatic rings. The second-order valence-electron chi connectivity index (χ2n) is 6.08. The monoisotopic (exact) mass is 371 g/mol. The van der Waals surface area contributed by atoms with Crippen LogP contribution >= 0.6 is 0 Å². The molecule has 0 aliphatic carbocycles. The minimum atomic E-state index is -0.466. The van der Waals surface area contributed by atoms with E-state index in [2.05, 4.69) is 4.98 Å². The largest absolute Gasteiger partial charge is 0.489 e. The van der Waals surface area contributed by atoms with E-state index in [0.717, 1.165) is 16.9 Å². The number of hydrogen-bond acceptors (Lipinski definition) is 5. The van der Waals surface area contributed by atoms with Crippen LogP contribution < -0.4 is 9.47 Å². The molecule has 28 heavy (non-hydrogen) atoms. The van der Waals surface area contributed by atoms with Crippen molar-refractivity contribution in [3.05, 3.63) is 96.4 Å². The van der Waals surface area contributed by atoms with Gasteiger partial charge in [0.05, 0.1) is 0 Å². The summed E-state index contributed by atoms with van der Waals surface area (Å²) in [5, 5.41) is 0. The molecule has 0 N–H and O–H groups in total. The molecule has 0 saturated carbocycles. The Morgan fingerprint density at radius 1 is 0.964 bits per heavy atom. The fraction of sp³-hybridized carbons (Fsp3) is 0.0435. The van der Waals surface area contributed by atoms with E-state index in [1.54, 1.807) is 24.3 Å². The standard InChI is InChI=1S/C23H17NO4/c25-23(28-20-11-12-22-21(14-20)24-16-27-22)13-8-17-6-9-19(10-7-17)26-15-18-4-2-1-3-5-18/h1-14,16H,15H2/b13-8+. The Morgan fingerprint density at radius 3 is 2.57 bits per heavy atom. The lowest BCUT2D eigenvalue weighted by Gasteiger charge is -2.06. The van der Waals surface area contributed by atoms with Crippen LogP contribution in [0.25, 0.3) is 17.2 Å². The lowest BCUT2D eigenvalue weighted by molar-refractivity contribution is -0.128. The number of aromatic nitrogens is 1. The zero-order valence-electron chi connectivity index (χ0n) is 14.9. The summed E-state index contributed by atoms with van der Waals surface area (Å²) in [6, 6.07) is 22.5. The van der Waals surface area contributed by atoms with Gasteiger partial charge in [0.2, 0.25) is 0 Å². The molecule has 0 aliphatic rings. The molecular weight excluding hydrogens is 354 g/mol. The lowest BCUT2D eigenvalue weighted by Crippen LogP contribution is -2.03. The zero-order valence-corrected chi connectivity index (χ0v) is 14.9. The number of carbonyl (C=O) groups is 1. The Bertz CT molecular complexity index is 1100. The highest BCUT2D eigenvalue weighted by Gasteiger charge is 2.04. The van der Waals surface area contributed by atoms with Crippen LogP contribution in [0.4, 0.5) is 0 Å². The van der Waals surface area contributed by atoms with Crippen molar-refractivity contribution < 1.29 is 18.7 Å². The quantitative estimate of drug-likeness (QED) is 0.270. The summed E-state index contributed by atoms with van der Waals surface area (Å²) in [5.41, 5.74) is 3.26. The summed E-state index contributed by atoms with van der Waals surface area (Å²) in [4.78, 5) is 16.0. The first-order valence-corrected chi connectivity index (χ1v) is 8.76. The molecule has 4 rings (SSSR count). The predicted octanol–water partition coefficient (Wildman–Crippen LogP) is 5.03. The third kappa shape index (κ3) is 4.45. The normalized spacial score (nSPS) is 11.0. The molecular formula is C23H17NO4. The Kier molecular flexibility index (Phi) is 5.15. The fourth-order valence-corrected chi connectivity index (χ4v) is 2.63. The van der Waals surface area contributed by atoms with Gasteiger partial charge >= 0.3 is 5.97 Å². The number of oxazole rings is 1. The Balaban J connectivity index is 1.32. The minimum Gasteiger partial charge on any atom is -0.489 e. The van der Waals surface area contributed by atoms with Gasteiger partial charge in [0.25, 0.3) is 0 Å². The molecule has 0 aliphatic heterocycles. The van der Waals surface area contributed by atoms with Crippen molar-refractivity contribution in [2.75, 3.05) is 0 Å². The average Bonchev–Trinajstić information content (AvgIpc) is 3.20. The van der Waals surface area contributed by atoms with E-state index in [4.69, 9.17) is 13.9 Å². The Hall–Kier alpha value is -3.86. The summed E-state index contributed by atoms with van der Waals surface area (Å²) < 4.78 is 16.2. The Labute approximate surface area is 161 Å². The number of esters is 1. The van der Waals surface area contributed by atoms with Crippen LogP contribution in [-0.2, 0) is 11.4 Å². The molecule has 0 amide bonds. The van der Waals surface area contributed by atoms with Gasteiger partial charge in [-0.2, -0.15) is 0 Å². The highest BCUT2D eigenvalue weighted by Crippen LogP contribution is 2.20. The number of rotatable bonds is 6. The molecule has 138 valence electrons. The van der Waals surface area contributed by atoms with Crippen LogP contribution in [-0.4, -0.2) is 11.0 Å². The molecule has 0 bridgehead atoms. The number of benzene rings is 3. The summed E-state index contributed by atoms with van der Waals surface area (Å²) >= 11 is 0. The molecule has 0 saturated heterocycles. The second kappa shape index (κ2) is 8.22. The molecule has 1 aromatic heterocycles. The summed E-state index contributed by atoms with van der Waals surface area (Å²) in [6.07, 6.45) is 4.42. The maximum atomic E-state index is 12.0. The van der Waals surface area contributed by atoms with Crippen molar-refractivity contribution in [3.8, 4) is 11.5 Å². The topological polar surface area (TPSA) is 61.6 Å². The number of fused-ring (bicyclic) bond motifs is 1. The van der Waals surface area contributed by atoms with Crippen molar-refractivity contribution in [3.63, 3.8) is 0 Å². The van der Waals surface area contributed by atoms with Gasteiger partial charge in [-0.05, 0) is 41.5 Å². The predicted molar refractivity (Wildman–Crippen MR) is 106 cm³/mol. The maximum Gasteiger partial charge on any atom is 0.336 e. The van der Waals surface area contributed by atoms with Gasteiger partial charge in [0, 0.05) is 12.1 Å². The van der Waals surface area contributed by atoms with Crippen LogP contribution in [0.1, 0.15) is 11.1 Å². The molecule has 5 nitrogen and oxygen atoms in total. The number of nitrogens with zero attached hydrogens (tertiary/aromatic N) is 1. The first-order chi connectivity index (χ1) is 13.8. The van der Waals surface area contributed by atoms with Gasteiger partial charge in [0.15, 0.2) is 12.0 Å². The van der Waals surface area contributed by atoms with Gasteiger partial charge in [-0.15, -0.1) is 0 Å². The average molecular weight is 371 g/mol. The van der Waals surface area contributed by atoms with Gasteiger partial charge in [0.1, 0.15) is 23.6 Å². The van der Waals surface area contributed by atoms with Crippen molar-refractivity contribution in [1.29, 1.82) is 0 Å². The fourth-order valence-electron chi connectivity index (χ4n) is 2.63. The smallest absolute Gasteiger partial charge is 0.336 e. The van der Waals surface area contributed by atoms with E-state index in [1.807, 2.05) is 54.6 Å². The number of carbonyl (C=O) groups excluding carboxylic acids is 1. The van der Waals surface area contributed by atoms with Gasteiger partial charge < -0.3 is 13.9 Å². The van der Waals surface area contributed by atoms with Crippen LogP contribution in [0.5, 0.6) is 11.5 Å². The van der Waals surface area contributed by atoms with E-state index in [9.17, 15) is 4.79 Å². The summed E-state index contributed by atoms with van der Waals surface area (Å²) in [7, 11) is 0. The lowest BCUT2D eigenvalue weighted by atomic mass is 10.2. The highest BCUT2D eigenvalue weighted by atomic mass is 16.5. The third-order valence-electron chi connectivity index (χ3n) is 4.06. The molecule has 0 fully saturated rings. The van der Waals surface area contributed by atoms with E-state index in [1.165, 1.54) is 12.5 Å². The van der Waals surface area contributed by atoms with E-state index in [-0.39, 0.29) is 0 Å². The third-order valence-corrected chi connectivity index (χ3v) is 4.06. The summed E-state index contributed by atoms with van der Waals surface area (Å²) in [5.74, 6) is 0.720. The highest BCUT2D eigenvalue weighted by molar-refractivity contribution is 5.89. The second-order valence-corrected chi connectivity index (χ2v) is 6.08. The Morgan fingerprint density at radius 2 is 1.75 bits per heavy atom.